The largest absolute Gasteiger partial charge is 0.462 e. The molecule has 21 heavy (non-hydrogen) atoms. The Hall–Kier alpha value is -1.69. The van der Waals surface area contributed by atoms with E-state index in [1.54, 1.807) is 13.8 Å². The molecule has 0 saturated heterocycles. The molecule has 0 radical (unpaired) electrons. The van der Waals surface area contributed by atoms with Crippen LogP contribution in [-0.4, -0.2) is 41.8 Å². The highest BCUT2D eigenvalue weighted by Crippen LogP contribution is 2.12. The fourth-order valence-corrected chi connectivity index (χ4v) is 1.76. The number of aromatic nitrogens is 2. The van der Waals surface area contributed by atoms with E-state index in [-0.39, 0.29) is 6.04 Å². The van der Waals surface area contributed by atoms with Crippen molar-refractivity contribution in [1.29, 1.82) is 0 Å². The molecule has 0 saturated carbocycles. The topological polar surface area (TPSA) is 73.3 Å². The van der Waals surface area contributed by atoms with Crippen LogP contribution in [0.5, 0.6) is 0 Å². The minimum absolute atomic E-state index is 0.123. The van der Waals surface area contributed by atoms with Crippen LogP contribution in [0, 0.1) is 12.8 Å². The fraction of sp³-hybridized carbons (Fsp3) is 0.667. The number of esters is 1. The number of hydrogen-bond acceptors (Lipinski definition) is 6. The summed E-state index contributed by atoms with van der Waals surface area (Å²) in [6.07, 6.45) is 1.50. The van der Waals surface area contributed by atoms with Gasteiger partial charge in [0.15, 0.2) is 0 Å². The number of nitrogens with one attached hydrogen (secondary N) is 1. The SMILES string of the molecule is CCOCC(Nc1ncc(C(=O)OCC)c(C)n1)C(C)C. The van der Waals surface area contributed by atoms with Crippen LogP contribution in [0.15, 0.2) is 6.20 Å². The molecule has 1 N–H and O–H groups in total. The molecule has 0 fully saturated rings. The summed E-state index contributed by atoms with van der Waals surface area (Å²) in [5, 5.41) is 3.25. The number of carbonyl (C=O) groups is 1. The van der Waals surface area contributed by atoms with Crippen LogP contribution in [0.1, 0.15) is 43.7 Å². The summed E-state index contributed by atoms with van der Waals surface area (Å²) in [4.78, 5) is 20.2. The van der Waals surface area contributed by atoms with Crippen molar-refractivity contribution in [1.82, 2.24) is 9.97 Å². The van der Waals surface area contributed by atoms with Crippen molar-refractivity contribution in [2.45, 2.75) is 40.7 Å². The van der Waals surface area contributed by atoms with Crippen LogP contribution in [0.25, 0.3) is 0 Å². The Bertz CT molecular complexity index is 463. The third kappa shape index (κ3) is 5.30. The van der Waals surface area contributed by atoms with Crippen molar-refractivity contribution in [2.24, 2.45) is 5.92 Å². The van der Waals surface area contributed by atoms with E-state index in [4.69, 9.17) is 9.47 Å². The highest BCUT2D eigenvalue weighted by molar-refractivity contribution is 5.90. The van der Waals surface area contributed by atoms with Gasteiger partial charge in [-0.05, 0) is 26.7 Å². The van der Waals surface area contributed by atoms with Crippen LogP contribution in [-0.2, 0) is 9.47 Å². The highest BCUT2D eigenvalue weighted by atomic mass is 16.5. The maximum Gasteiger partial charge on any atom is 0.341 e. The number of hydrogen-bond donors (Lipinski definition) is 1. The number of anilines is 1. The standard InChI is InChI=1S/C15H25N3O3/c1-6-20-9-13(10(3)4)18-15-16-8-12(11(5)17-15)14(19)21-7-2/h8,10,13H,6-7,9H2,1-5H3,(H,16,17,18). The number of ether oxygens (including phenoxy) is 2. The molecule has 0 amide bonds. The number of aryl methyl sites for hydroxylation is 1. The van der Waals surface area contributed by atoms with E-state index in [9.17, 15) is 4.79 Å². The Morgan fingerprint density at radius 2 is 2.05 bits per heavy atom. The predicted molar refractivity (Wildman–Crippen MR) is 81.5 cm³/mol. The van der Waals surface area contributed by atoms with E-state index >= 15 is 0 Å². The summed E-state index contributed by atoms with van der Waals surface area (Å²) in [6, 6.07) is 0.123. The van der Waals surface area contributed by atoms with Crippen LogP contribution in [0.3, 0.4) is 0 Å². The van der Waals surface area contributed by atoms with Gasteiger partial charge in [-0.2, -0.15) is 0 Å². The van der Waals surface area contributed by atoms with E-state index < -0.39 is 5.97 Å². The van der Waals surface area contributed by atoms with Gasteiger partial charge < -0.3 is 14.8 Å². The van der Waals surface area contributed by atoms with Gasteiger partial charge in [0.1, 0.15) is 0 Å². The molecule has 1 atom stereocenters. The van der Waals surface area contributed by atoms with Gasteiger partial charge in [0.05, 0.1) is 30.5 Å². The van der Waals surface area contributed by atoms with Crippen molar-refractivity contribution in [3.63, 3.8) is 0 Å². The Balaban J connectivity index is 2.80. The third-order valence-corrected chi connectivity index (χ3v) is 3.10. The van der Waals surface area contributed by atoms with E-state index in [0.29, 0.717) is 42.9 Å². The molecule has 0 aliphatic heterocycles. The summed E-state index contributed by atoms with van der Waals surface area (Å²) < 4.78 is 10.4. The normalized spacial score (nSPS) is 12.3. The van der Waals surface area contributed by atoms with Crippen LogP contribution < -0.4 is 5.32 Å². The second-order valence-electron chi connectivity index (χ2n) is 5.07. The molecule has 1 heterocycles. The zero-order valence-electron chi connectivity index (χ0n) is 13.5. The Kier molecular flexibility index (Phi) is 7.08. The number of nitrogens with zero attached hydrogens (tertiary/aromatic N) is 2. The maximum absolute atomic E-state index is 11.7. The van der Waals surface area contributed by atoms with Gasteiger partial charge in [-0.3, -0.25) is 0 Å². The molecular weight excluding hydrogens is 270 g/mol. The molecular formula is C15H25N3O3. The van der Waals surface area contributed by atoms with Crippen molar-refractivity contribution in [3.8, 4) is 0 Å². The monoisotopic (exact) mass is 295 g/mol. The summed E-state index contributed by atoms with van der Waals surface area (Å²) >= 11 is 0. The zero-order valence-corrected chi connectivity index (χ0v) is 13.5. The lowest BCUT2D eigenvalue weighted by molar-refractivity contribution is 0.0524. The predicted octanol–water partition coefficient (Wildman–Crippen LogP) is 2.43. The molecule has 6 nitrogen and oxygen atoms in total. The summed E-state index contributed by atoms with van der Waals surface area (Å²) in [5.74, 6) is 0.486. The molecule has 1 aromatic heterocycles. The van der Waals surface area contributed by atoms with Crippen LogP contribution >= 0.6 is 0 Å². The van der Waals surface area contributed by atoms with Crippen LogP contribution in [0.2, 0.25) is 0 Å². The minimum Gasteiger partial charge on any atom is -0.462 e. The molecule has 0 aliphatic rings. The fourth-order valence-electron chi connectivity index (χ4n) is 1.76. The van der Waals surface area contributed by atoms with E-state index in [1.165, 1.54) is 6.20 Å². The molecule has 1 aromatic rings. The lowest BCUT2D eigenvalue weighted by Gasteiger charge is -2.22. The van der Waals surface area contributed by atoms with Gasteiger partial charge in [0.2, 0.25) is 5.95 Å². The molecule has 0 bridgehead atoms. The molecule has 1 unspecified atom stereocenters. The first-order valence-corrected chi connectivity index (χ1v) is 7.34. The first kappa shape index (κ1) is 17.4. The quantitative estimate of drug-likeness (QED) is 0.743. The first-order chi connectivity index (χ1) is 9.99. The summed E-state index contributed by atoms with van der Waals surface area (Å²) in [7, 11) is 0. The average molecular weight is 295 g/mol. The summed E-state index contributed by atoms with van der Waals surface area (Å²) in [6.45, 7) is 11.3. The smallest absolute Gasteiger partial charge is 0.341 e. The van der Waals surface area contributed by atoms with Gasteiger partial charge in [-0.1, -0.05) is 13.8 Å². The molecule has 118 valence electrons. The second kappa shape index (κ2) is 8.56. The first-order valence-electron chi connectivity index (χ1n) is 7.34. The average Bonchev–Trinajstić information content (AvgIpc) is 2.43. The van der Waals surface area contributed by atoms with Gasteiger partial charge in [-0.25, -0.2) is 14.8 Å². The third-order valence-electron chi connectivity index (χ3n) is 3.10. The van der Waals surface area contributed by atoms with Crippen LogP contribution in [0.4, 0.5) is 5.95 Å². The summed E-state index contributed by atoms with van der Waals surface area (Å²) in [5.41, 5.74) is 0.998. The molecule has 0 aliphatic carbocycles. The van der Waals surface area contributed by atoms with E-state index in [2.05, 4.69) is 29.1 Å². The van der Waals surface area contributed by atoms with Gasteiger partial charge in [0.25, 0.3) is 0 Å². The highest BCUT2D eigenvalue weighted by Gasteiger charge is 2.17. The number of rotatable bonds is 8. The Morgan fingerprint density at radius 3 is 2.57 bits per heavy atom. The Labute approximate surface area is 126 Å². The molecule has 0 spiro atoms. The van der Waals surface area contributed by atoms with Crippen molar-refractivity contribution in [3.05, 3.63) is 17.5 Å². The molecule has 0 aromatic carbocycles. The Morgan fingerprint density at radius 1 is 1.33 bits per heavy atom. The lowest BCUT2D eigenvalue weighted by Crippen LogP contribution is -2.32. The van der Waals surface area contributed by atoms with E-state index in [1.807, 2.05) is 6.92 Å². The lowest BCUT2D eigenvalue weighted by atomic mass is 10.1. The van der Waals surface area contributed by atoms with Gasteiger partial charge >= 0.3 is 5.97 Å². The van der Waals surface area contributed by atoms with Gasteiger partial charge in [0, 0.05) is 12.8 Å². The van der Waals surface area contributed by atoms with E-state index in [0.717, 1.165) is 0 Å². The minimum atomic E-state index is -0.392. The van der Waals surface area contributed by atoms with Crippen molar-refractivity contribution < 1.29 is 14.3 Å². The zero-order chi connectivity index (χ0) is 15.8. The second-order valence-corrected chi connectivity index (χ2v) is 5.07. The van der Waals surface area contributed by atoms with Gasteiger partial charge in [-0.15, -0.1) is 0 Å². The molecule has 6 heteroatoms. The maximum atomic E-state index is 11.7. The van der Waals surface area contributed by atoms with Crippen molar-refractivity contribution >= 4 is 11.9 Å². The molecule has 1 rings (SSSR count). The van der Waals surface area contributed by atoms with Crippen molar-refractivity contribution in [2.75, 3.05) is 25.1 Å². The number of carbonyl (C=O) groups excluding carboxylic acids is 1.